The summed E-state index contributed by atoms with van der Waals surface area (Å²) in [5, 5.41) is 0.561. The standard InChI is InChI=1S/C12H17Cl2N3O2/c1-6-7(10-15-8(13)9(14)16(10)5)19-11(18)17(6)12(2,3)4/h6-7H,1-5H3/t6-,7-/m0/s1. The first-order valence-electron chi connectivity index (χ1n) is 6.02. The largest absolute Gasteiger partial charge is 0.436 e. The summed E-state index contributed by atoms with van der Waals surface area (Å²) >= 11 is 11.9. The van der Waals surface area contributed by atoms with Crippen LogP contribution in [0.5, 0.6) is 0 Å². The fourth-order valence-electron chi connectivity index (χ4n) is 2.43. The van der Waals surface area contributed by atoms with Crippen molar-refractivity contribution in [3.63, 3.8) is 0 Å². The van der Waals surface area contributed by atoms with Crippen LogP contribution in [0.25, 0.3) is 0 Å². The Kier molecular flexibility index (Phi) is 3.47. The summed E-state index contributed by atoms with van der Waals surface area (Å²) in [4.78, 5) is 17.9. The van der Waals surface area contributed by atoms with E-state index in [9.17, 15) is 4.79 Å². The van der Waals surface area contributed by atoms with Crippen molar-refractivity contribution in [1.29, 1.82) is 0 Å². The zero-order valence-electron chi connectivity index (χ0n) is 11.6. The number of hydrogen-bond acceptors (Lipinski definition) is 3. The first-order valence-corrected chi connectivity index (χ1v) is 6.77. The summed E-state index contributed by atoms with van der Waals surface area (Å²) in [6, 6.07) is -0.138. The fourth-order valence-corrected chi connectivity index (χ4v) is 2.78. The summed E-state index contributed by atoms with van der Waals surface area (Å²) < 4.78 is 7.08. The van der Waals surface area contributed by atoms with Gasteiger partial charge in [0.25, 0.3) is 0 Å². The van der Waals surface area contributed by atoms with Crippen LogP contribution in [-0.2, 0) is 11.8 Å². The second-order valence-corrected chi connectivity index (χ2v) is 6.41. The molecule has 0 bridgehead atoms. The van der Waals surface area contributed by atoms with Crippen LogP contribution < -0.4 is 0 Å². The molecule has 5 nitrogen and oxygen atoms in total. The summed E-state index contributed by atoms with van der Waals surface area (Å²) in [6.07, 6.45) is -0.818. The number of halogens is 2. The van der Waals surface area contributed by atoms with Gasteiger partial charge in [-0.05, 0) is 27.7 Å². The van der Waals surface area contributed by atoms with Crippen molar-refractivity contribution < 1.29 is 9.53 Å². The molecule has 1 aromatic rings. The van der Waals surface area contributed by atoms with Gasteiger partial charge in [-0.25, -0.2) is 9.78 Å². The lowest BCUT2D eigenvalue weighted by Gasteiger charge is -2.33. The summed E-state index contributed by atoms with van der Waals surface area (Å²) in [5.74, 6) is 0.558. The van der Waals surface area contributed by atoms with E-state index in [-0.39, 0.29) is 22.8 Å². The van der Waals surface area contributed by atoms with Gasteiger partial charge in [0.1, 0.15) is 5.15 Å². The van der Waals surface area contributed by atoms with Gasteiger partial charge in [-0.1, -0.05) is 23.2 Å². The maximum atomic E-state index is 12.0. The number of hydrogen-bond donors (Lipinski definition) is 0. The van der Waals surface area contributed by atoms with E-state index in [4.69, 9.17) is 27.9 Å². The molecule has 1 amide bonds. The van der Waals surface area contributed by atoms with Crippen molar-refractivity contribution >= 4 is 29.3 Å². The van der Waals surface area contributed by atoms with Gasteiger partial charge < -0.3 is 9.30 Å². The van der Waals surface area contributed by atoms with Gasteiger partial charge in [-0.3, -0.25) is 4.90 Å². The number of rotatable bonds is 1. The van der Waals surface area contributed by atoms with E-state index in [1.807, 2.05) is 27.7 Å². The van der Waals surface area contributed by atoms with Gasteiger partial charge in [0.2, 0.25) is 0 Å². The Morgan fingerprint density at radius 3 is 2.26 bits per heavy atom. The molecule has 0 saturated carbocycles. The SMILES string of the molecule is C[C@H]1[C@@H](c2nc(Cl)c(Cl)n2C)OC(=O)N1C(C)(C)C. The normalized spacial score (nSPS) is 23.9. The zero-order valence-corrected chi connectivity index (χ0v) is 13.1. The smallest absolute Gasteiger partial charge is 0.411 e. The predicted octanol–water partition coefficient (Wildman–Crippen LogP) is 3.41. The Morgan fingerprint density at radius 2 is 1.89 bits per heavy atom. The van der Waals surface area contributed by atoms with Crippen molar-refractivity contribution in [2.75, 3.05) is 0 Å². The Balaban J connectivity index is 2.38. The molecule has 2 heterocycles. The number of imidazole rings is 1. The lowest BCUT2D eigenvalue weighted by Crippen LogP contribution is -2.46. The van der Waals surface area contributed by atoms with Gasteiger partial charge in [0.05, 0.1) is 6.04 Å². The number of amides is 1. The van der Waals surface area contributed by atoms with Crippen LogP contribution in [0.4, 0.5) is 4.79 Å². The number of ether oxygens (including phenoxy) is 1. The van der Waals surface area contributed by atoms with Crippen LogP contribution in [-0.4, -0.2) is 32.1 Å². The van der Waals surface area contributed by atoms with E-state index in [1.54, 1.807) is 16.5 Å². The zero-order chi connectivity index (χ0) is 14.5. The van der Waals surface area contributed by atoms with Crippen molar-refractivity contribution in [2.24, 2.45) is 7.05 Å². The maximum Gasteiger partial charge on any atom is 0.411 e. The molecular weight excluding hydrogens is 289 g/mol. The number of carbonyl (C=O) groups is 1. The molecule has 0 unspecified atom stereocenters. The third kappa shape index (κ3) is 2.30. The highest BCUT2D eigenvalue weighted by Gasteiger charge is 2.46. The second-order valence-electron chi connectivity index (χ2n) is 5.70. The van der Waals surface area contributed by atoms with Gasteiger partial charge in [-0.15, -0.1) is 0 Å². The van der Waals surface area contributed by atoms with E-state index in [1.165, 1.54) is 0 Å². The lowest BCUT2D eigenvalue weighted by molar-refractivity contribution is 0.117. The van der Waals surface area contributed by atoms with Crippen LogP contribution in [0.1, 0.15) is 39.6 Å². The Morgan fingerprint density at radius 1 is 1.32 bits per heavy atom. The third-order valence-corrected chi connectivity index (χ3v) is 4.06. The summed E-state index contributed by atoms with van der Waals surface area (Å²) in [5.41, 5.74) is -0.315. The van der Waals surface area contributed by atoms with Gasteiger partial charge in [0, 0.05) is 12.6 Å². The fraction of sp³-hybridized carbons (Fsp3) is 0.667. The molecular formula is C12H17Cl2N3O2. The number of carbonyl (C=O) groups excluding carboxylic acids is 1. The molecule has 2 rings (SSSR count). The minimum Gasteiger partial charge on any atom is -0.436 e. The van der Waals surface area contributed by atoms with Gasteiger partial charge in [0.15, 0.2) is 17.1 Å². The molecule has 0 spiro atoms. The van der Waals surface area contributed by atoms with Gasteiger partial charge in [-0.2, -0.15) is 0 Å². The summed E-state index contributed by atoms with van der Waals surface area (Å²) in [6.45, 7) is 7.82. The van der Waals surface area contributed by atoms with Crippen LogP contribution in [0.15, 0.2) is 0 Å². The molecule has 0 aliphatic carbocycles. The van der Waals surface area contributed by atoms with E-state index in [0.717, 1.165) is 0 Å². The molecule has 1 aliphatic heterocycles. The third-order valence-electron chi connectivity index (χ3n) is 3.27. The molecule has 1 fully saturated rings. The van der Waals surface area contributed by atoms with Crippen molar-refractivity contribution in [2.45, 2.75) is 45.4 Å². The molecule has 0 aromatic carbocycles. The molecule has 7 heteroatoms. The van der Waals surface area contributed by atoms with E-state index < -0.39 is 6.10 Å². The minimum atomic E-state index is -0.471. The number of cyclic esters (lactones) is 1. The van der Waals surface area contributed by atoms with Gasteiger partial charge >= 0.3 is 6.09 Å². The van der Waals surface area contributed by atoms with Crippen LogP contribution in [0.2, 0.25) is 10.3 Å². The maximum absolute atomic E-state index is 12.0. The molecule has 0 radical (unpaired) electrons. The number of aromatic nitrogens is 2. The van der Waals surface area contributed by atoms with E-state index in [2.05, 4.69) is 4.98 Å². The average Bonchev–Trinajstić information content (AvgIpc) is 2.69. The Bertz CT molecular complexity index is 522. The van der Waals surface area contributed by atoms with E-state index >= 15 is 0 Å². The molecule has 1 saturated heterocycles. The topological polar surface area (TPSA) is 47.4 Å². The summed E-state index contributed by atoms with van der Waals surface area (Å²) in [7, 11) is 1.75. The van der Waals surface area contributed by atoms with Crippen LogP contribution in [0.3, 0.4) is 0 Å². The van der Waals surface area contributed by atoms with E-state index in [0.29, 0.717) is 11.0 Å². The monoisotopic (exact) mass is 305 g/mol. The first-order chi connectivity index (χ1) is 8.64. The molecule has 0 N–H and O–H groups in total. The molecule has 106 valence electrons. The van der Waals surface area contributed by atoms with Crippen molar-refractivity contribution in [1.82, 2.24) is 14.5 Å². The highest BCUT2D eigenvalue weighted by atomic mass is 35.5. The lowest BCUT2D eigenvalue weighted by atomic mass is 10.0. The average molecular weight is 306 g/mol. The molecule has 19 heavy (non-hydrogen) atoms. The highest BCUT2D eigenvalue weighted by Crippen LogP contribution is 2.37. The minimum absolute atomic E-state index is 0.138. The highest BCUT2D eigenvalue weighted by molar-refractivity contribution is 6.40. The molecule has 1 aliphatic rings. The number of nitrogens with zero attached hydrogens (tertiary/aromatic N) is 3. The Hall–Kier alpha value is -0.940. The first kappa shape index (κ1) is 14.5. The quantitative estimate of drug-likeness (QED) is 0.799. The second kappa shape index (κ2) is 4.56. The molecule has 1 aromatic heterocycles. The molecule has 2 atom stereocenters. The van der Waals surface area contributed by atoms with Crippen LogP contribution in [0, 0.1) is 0 Å². The van der Waals surface area contributed by atoms with Crippen molar-refractivity contribution in [3.05, 3.63) is 16.1 Å². The van der Waals surface area contributed by atoms with Crippen molar-refractivity contribution in [3.8, 4) is 0 Å². The Labute approximate surface area is 122 Å². The predicted molar refractivity (Wildman–Crippen MR) is 73.5 cm³/mol. The van der Waals surface area contributed by atoms with Crippen LogP contribution >= 0.6 is 23.2 Å².